The van der Waals surface area contributed by atoms with E-state index in [1.165, 1.54) is 0 Å². The van der Waals surface area contributed by atoms with Crippen molar-refractivity contribution in [2.45, 2.75) is 45.1 Å². The highest BCUT2D eigenvalue weighted by atomic mass is 16.5. The molecule has 0 spiro atoms. The first-order chi connectivity index (χ1) is 17.3. The minimum atomic E-state index is -0.187. The first-order valence-electron chi connectivity index (χ1n) is 12.7. The van der Waals surface area contributed by atoms with Crippen LogP contribution >= 0.6 is 0 Å². The van der Waals surface area contributed by atoms with Gasteiger partial charge in [-0.15, -0.1) is 0 Å². The number of pyridine rings is 1. The molecule has 8 heteroatoms. The molecule has 1 aliphatic carbocycles. The summed E-state index contributed by atoms with van der Waals surface area (Å²) < 4.78 is 5.08. The Morgan fingerprint density at radius 1 is 1.22 bits per heavy atom. The summed E-state index contributed by atoms with van der Waals surface area (Å²) in [5, 5.41) is 6.26. The second-order valence-electron chi connectivity index (χ2n) is 9.76. The maximum absolute atomic E-state index is 12.6. The van der Waals surface area contributed by atoms with Gasteiger partial charge in [0.25, 0.3) is 5.91 Å². The number of methoxy groups -OCH3 is 1. The molecule has 2 heterocycles. The van der Waals surface area contributed by atoms with Crippen LogP contribution in [-0.4, -0.2) is 68.1 Å². The number of ether oxygens (including phenoxy) is 1. The van der Waals surface area contributed by atoms with Crippen molar-refractivity contribution in [3.05, 3.63) is 48.2 Å². The molecule has 8 nitrogen and oxygen atoms in total. The largest absolute Gasteiger partial charge is 0.385 e. The standard InChI is InChI=1S/C28H37N5O3/c1-18(2)28(35)30-22-8-6-7-21(15-22)23-16-24(29-4)27(31-26(23)20-9-10-20)32-12-13-33(19(3)17-32)25(34)11-14-36-5/h6-8,15-16,19-20,29H,1,9-14,17H2,2-5H3,(H,30,35). The van der Waals surface area contributed by atoms with Crippen LogP contribution in [0.15, 0.2) is 42.5 Å². The van der Waals surface area contributed by atoms with Crippen LogP contribution in [0.3, 0.4) is 0 Å². The van der Waals surface area contributed by atoms with Crippen LogP contribution in [-0.2, 0) is 14.3 Å². The van der Waals surface area contributed by atoms with Gasteiger partial charge in [0, 0.05) is 62.6 Å². The van der Waals surface area contributed by atoms with Crippen LogP contribution in [0.4, 0.5) is 17.2 Å². The lowest BCUT2D eigenvalue weighted by Crippen LogP contribution is -2.54. The fraction of sp³-hybridized carbons (Fsp3) is 0.464. The Morgan fingerprint density at radius 2 is 2.00 bits per heavy atom. The molecule has 2 amide bonds. The molecule has 0 bridgehead atoms. The lowest BCUT2D eigenvalue weighted by molar-refractivity contribution is -0.134. The molecule has 2 N–H and O–H groups in total. The molecule has 192 valence electrons. The molecular weight excluding hydrogens is 454 g/mol. The zero-order valence-electron chi connectivity index (χ0n) is 21.8. The van der Waals surface area contributed by atoms with Gasteiger partial charge in [-0.3, -0.25) is 9.59 Å². The average Bonchev–Trinajstić information content (AvgIpc) is 3.72. The Bertz CT molecular complexity index is 1140. The number of hydrogen-bond donors (Lipinski definition) is 2. The smallest absolute Gasteiger partial charge is 0.250 e. The zero-order chi connectivity index (χ0) is 25.8. The highest BCUT2D eigenvalue weighted by molar-refractivity contribution is 6.03. The van der Waals surface area contributed by atoms with Gasteiger partial charge in [-0.2, -0.15) is 0 Å². The Kier molecular flexibility index (Phi) is 7.94. The van der Waals surface area contributed by atoms with Gasteiger partial charge >= 0.3 is 0 Å². The number of benzene rings is 1. The summed E-state index contributed by atoms with van der Waals surface area (Å²) in [5.74, 6) is 1.32. The molecule has 1 atom stereocenters. The monoisotopic (exact) mass is 491 g/mol. The van der Waals surface area contributed by atoms with Gasteiger partial charge in [-0.05, 0) is 50.5 Å². The second-order valence-corrected chi connectivity index (χ2v) is 9.76. The predicted molar refractivity (Wildman–Crippen MR) is 145 cm³/mol. The maximum Gasteiger partial charge on any atom is 0.250 e. The molecule has 2 aromatic rings. The highest BCUT2D eigenvalue weighted by Crippen LogP contribution is 2.46. The number of rotatable bonds is 9. The fourth-order valence-electron chi connectivity index (χ4n) is 4.70. The van der Waals surface area contributed by atoms with E-state index in [1.54, 1.807) is 14.0 Å². The van der Waals surface area contributed by atoms with Crippen molar-refractivity contribution in [2.24, 2.45) is 0 Å². The molecule has 1 aromatic heterocycles. The third-order valence-corrected chi connectivity index (χ3v) is 6.85. The lowest BCUT2D eigenvalue weighted by atomic mass is 9.99. The van der Waals surface area contributed by atoms with Crippen LogP contribution < -0.4 is 15.5 Å². The SMILES string of the molecule is C=C(C)C(=O)Nc1cccc(-c2cc(NC)c(N3CCN(C(=O)CCOC)C(C)C3)nc2C2CC2)c1. The van der Waals surface area contributed by atoms with Crippen molar-refractivity contribution in [2.75, 3.05) is 55.9 Å². The predicted octanol–water partition coefficient (Wildman–Crippen LogP) is 4.26. The van der Waals surface area contributed by atoms with E-state index in [-0.39, 0.29) is 17.9 Å². The van der Waals surface area contributed by atoms with Gasteiger partial charge in [-0.1, -0.05) is 18.7 Å². The molecule has 1 aliphatic heterocycles. The number of amides is 2. The zero-order valence-corrected chi connectivity index (χ0v) is 21.8. The minimum Gasteiger partial charge on any atom is -0.385 e. The summed E-state index contributed by atoms with van der Waals surface area (Å²) in [6.45, 7) is 10.1. The van der Waals surface area contributed by atoms with Crippen molar-refractivity contribution in [3.8, 4) is 11.1 Å². The first kappa shape index (κ1) is 25.7. The summed E-state index contributed by atoms with van der Waals surface area (Å²) in [5.41, 5.74) is 5.36. The molecule has 4 rings (SSSR count). The Morgan fingerprint density at radius 3 is 2.64 bits per heavy atom. The summed E-state index contributed by atoms with van der Waals surface area (Å²) in [6.07, 6.45) is 2.67. The van der Waals surface area contributed by atoms with Gasteiger partial charge in [0.1, 0.15) is 0 Å². The third-order valence-electron chi connectivity index (χ3n) is 6.85. The number of carbonyl (C=O) groups excluding carboxylic acids is 2. The number of nitrogens with zero attached hydrogens (tertiary/aromatic N) is 3. The number of hydrogen-bond acceptors (Lipinski definition) is 6. The van der Waals surface area contributed by atoms with Crippen molar-refractivity contribution < 1.29 is 14.3 Å². The molecule has 2 aliphatic rings. The summed E-state index contributed by atoms with van der Waals surface area (Å²) in [4.78, 5) is 34.2. The quantitative estimate of drug-likeness (QED) is 0.510. The van der Waals surface area contributed by atoms with Gasteiger partial charge in [0.15, 0.2) is 5.82 Å². The number of nitrogens with one attached hydrogen (secondary N) is 2. The van der Waals surface area contributed by atoms with Gasteiger partial charge in [0.2, 0.25) is 5.91 Å². The van der Waals surface area contributed by atoms with E-state index >= 15 is 0 Å². The van der Waals surface area contributed by atoms with Gasteiger partial charge in [-0.25, -0.2) is 4.98 Å². The van der Waals surface area contributed by atoms with E-state index in [0.29, 0.717) is 31.1 Å². The van der Waals surface area contributed by atoms with Crippen molar-refractivity contribution >= 4 is 29.0 Å². The van der Waals surface area contributed by atoms with Crippen LogP contribution in [0.5, 0.6) is 0 Å². The van der Waals surface area contributed by atoms with E-state index in [1.807, 2.05) is 30.1 Å². The van der Waals surface area contributed by atoms with Gasteiger partial charge < -0.3 is 25.2 Å². The fourth-order valence-corrected chi connectivity index (χ4v) is 4.70. The van der Waals surface area contributed by atoms with E-state index in [0.717, 1.165) is 59.9 Å². The van der Waals surface area contributed by atoms with E-state index in [4.69, 9.17) is 9.72 Å². The molecule has 0 radical (unpaired) electrons. The molecule has 1 aromatic carbocycles. The number of piperazine rings is 1. The van der Waals surface area contributed by atoms with Crippen molar-refractivity contribution in [1.29, 1.82) is 0 Å². The van der Waals surface area contributed by atoms with Crippen LogP contribution in [0.2, 0.25) is 0 Å². The normalized spacial score (nSPS) is 17.6. The minimum absolute atomic E-state index is 0.0901. The van der Waals surface area contributed by atoms with Crippen LogP contribution in [0.1, 0.15) is 44.7 Å². The van der Waals surface area contributed by atoms with Crippen LogP contribution in [0, 0.1) is 0 Å². The average molecular weight is 492 g/mol. The molecule has 36 heavy (non-hydrogen) atoms. The Balaban J connectivity index is 1.62. The van der Waals surface area contributed by atoms with E-state index < -0.39 is 0 Å². The summed E-state index contributed by atoms with van der Waals surface area (Å²) in [6, 6.07) is 10.2. The first-order valence-corrected chi connectivity index (χ1v) is 12.7. The molecule has 1 unspecified atom stereocenters. The topological polar surface area (TPSA) is 86.8 Å². The number of carbonyl (C=O) groups is 2. The molecule has 1 saturated carbocycles. The number of anilines is 3. The van der Waals surface area contributed by atoms with Crippen molar-refractivity contribution in [3.63, 3.8) is 0 Å². The maximum atomic E-state index is 12.6. The Labute approximate surface area is 213 Å². The Hall–Kier alpha value is -3.39. The highest BCUT2D eigenvalue weighted by Gasteiger charge is 2.33. The van der Waals surface area contributed by atoms with Crippen LogP contribution in [0.25, 0.3) is 11.1 Å². The van der Waals surface area contributed by atoms with Gasteiger partial charge in [0.05, 0.1) is 24.4 Å². The molecule has 2 fully saturated rings. The molecule has 1 saturated heterocycles. The van der Waals surface area contributed by atoms with Crippen molar-refractivity contribution in [1.82, 2.24) is 9.88 Å². The molecular formula is C28H37N5O3. The lowest BCUT2D eigenvalue weighted by Gasteiger charge is -2.41. The second kappa shape index (κ2) is 11.1. The third kappa shape index (κ3) is 5.70. The summed E-state index contributed by atoms with van der Waals surface area (Å²) >= 11 is 0. The number of aromatic nitrogens is 1. The van der Waals surface area contributed by atoms with E-state index in [2.05, 4.69) is 41.2 Å². The van der Waals surface area contributed by atoms with E-state index in [9.17, 15) is 9.59 Å². The summed E-state index contributed by atoms with van der Waals surface area (Å²) in [7, 11) is 3.54.